The maximum atomic E-state index is 13.7. The van der Waals surface area contributed by atoms with Crippen LogP contribution in [0.3, 0.4) is 0 Å². The van der Waals surface area contributed by atoms with Crippen LogP contribution in [0.15, 0.2) is 12.1 Å². The van der Waals surface area contributed by atoms with Crippen molar-refractivity contribution in [2.75, 3.05) is 0 Å². The molecule has 0 radical (unpaired) electrons. The molecule has 0 spiro atoms. The van der Waals surface area contributed by atoms with Gasteiger partial charge in [-0.3, -0.25) is 14.9 Å². The van der Waals surface area contributed by atoms with Crippen LogP contribution in [-0.4, -0.2) is 16.4 Å². The zero-order chi connectivity index (χ0) is 14.9. The fraction of sp³-hybridized carbons (Fsp3) is 0.462. The summed E-state index contributed by atoms with van der Waals surface area (Å²) in [6.45, 7) is 1.84. The van der Waals surface area contributed by atoms with Crippen molar-refractivity contribution < 1.29 is 18.5 Å². The van der Waals surface area contributed by atoms with Crippen LogP contribution in [0.5, 0.6) is 0 Å². The number of nitro benzene ring substituents is 1. The summed E-state index contributed by atoms with van der Waals surface area (Å²) in [5, 5.41) is 13.2. The van der Waals surface area contributed by atoms with Crippen molar-refractivity contribution in [1.82, 2.24) is 5.32 Å². The maximum absolute atomic E-state index is 13.7. The van der Waals surface area contributed by atoms with Crippen molar-refractivity contribution in [3.8, 4) is 0 Å². The Kier molecular flexibility index (Phi) is 3.69. The fourth-order valence-corrected chi connectivity index (χ4v) is 2.47. The summed E-state index contributed by atoms with van der Waals surface area (Å²) in [5.41, 5.74) is -1.92. The van der Waals surface area contributed by atoms with Gasteiger partial charge in [0, 0.05) is 5.54 Å². The van der Waals surface area contributed by atoms with Crippen molar-refractivity contribution in [3.05, 3.63) is 39.4 Å². The van der Waals surface area contributed by atoms with Gasteiger partial charge in [0.25, 0.3) is 5.91 Å². The summed E-state index contributed by atoms with van der Waals surface area (Å²) in [6.07, 6.45) is 3.48. The SMILES string of the molecule is CC1(NC(=O)c2cc(F)c([N+](=O)[O-])cc2F)CCCC1. The summed E-state index contributed by atoms with van der Waals surface area (Å²) in [5.74, 6) is -3.07. The average molecular weight is 284 g/mol. The Labute approximate surface area is 114 Å². The molecule has 0 aliphatic heterocycles. The van der Waals surface area contributed by atoms with Gasteiger partial charge in [-0.1, -0.05) is 12.8 Å². The van der Waals surface area contributed by atoms with Crippen LogP contribution < -0.4 is 5.32 Å². The number of hydrogen-bond donors (Lipinski definition) is 1. The van der Waals surface area contributed by atoms with E-state index in [1.807, 2.05) is 6.92 Å². The van der Waals surface area contributed by atoms with Crippen LogP contribution in [-0.2, 0) is 0 Å². The van der Waals surface area contributed by atoms with Crippen LogP contribution >= 0.6 is 0 Å². The van der Waals surface area contributed by atoms with Gasteiger partial charge in [0.1, 0.15) is 5.82 Å². The van der Waals surface area contributed by atoms with Crippen molar-refractivity contribution in [2.24, 2.45) is 0 Å². The Bertz CT molecular complexity index is 569. The number of amides is 1. The standard InChI is InChI=1S/C13H14F2N2O3/c1-13(4-2-3-5-13)16-12(18)8-6-10(15)11(17(19)20)7-9(8)14/h6-7H,2-5H2,1H3,(H,16,18). The lowest BCUT2D eigenvalue weighted by Gasteiger charge is -2.25. The number of carbonyl (C=O) groups excluding carboxylic acids is 1. The third-order valence-electron chi connectivity index (χ3n) is 3.60. The Morgan fingerprint density at radius 3 is 2.45 bits per heavy atom. The number of halogens is 2. The zero-order valence-corrected chi connectivity index (χ0v) is 10.9. The largest absolute Gasteiger partial charge is 0.347 e. The molecular weight excluding hydrogens is 270 g/mol. The topological polar surface area (TPSA) is 72.2 Å². The second-order valence-electron chi connectivity index (χ2n) is 5.26. The third-order valence-corrected chi connectivity index (χ3v) is 3.60. The molecule has 1 aromatic rings. The molecule has 1 fully saturated rings. The first-order chi connectivity index (χ1) is 9.32. The first kappa shape index (κ1) is 14.4. The minimum absolute atomic E-state index is 0.429. The monoisotopic (exact) mass is 284 g/mol. The zero-order valence-electron chi connectivity index (χ0n) is 10.9. The van der Waals surface area contributed by atoms with E-state index in [-0.39, 0.29) is 0 Å². The maximum Gasteiger partial charge on any atom is 0.307 e. The smallest absolute Gasteiger partial charge is 0.307 e. The summed E-state index contributed by atoms with van der Waals surface area (Å²) in [4.78, 5) is 21.4. The van der Waals surface area contributed by atoms with E-state index in [2.05, 4.69) is 5.32 Å². The molecule has 1 aliphatic rings. The number of rotatable bonds is 3. The minimum atomic E-state index is -1.22. The second kappa shape index (κ2) is 5.15. The van der Waals surface area contributed by atoms with Crippen molar-refractivity contribution in [2.45, 2.75) is 38.1 Å². The molecule has 20 heavy (non-hydrogen) atoms. The number of carbonyl (C=O) groups is 1. The van der Waals surface area contributed by atoms with Gasteiger partial charge in [0.05, 0.1) is 16.6 Å². The molecule has 0 bridgehead atoms. The quantitative estimate of drug-likeness (QED) is 0.685. The normalized spacial score (nSPS) is 16.9. The molecule has 5 nitrogen and oxygen atoms in total. The molecular formula is C13H14F2N2O3. The first-order valence-corrected chi connectivity index (χ1v) is 6.28. The number of benzene rings is 1. The highest BCUT2D eigenvalue weighted by molar-refractivity contribution is 5.95. The van der Waals surface area contributed by atoms with E-state index < -0.39 is 39.3 Å². The number of nitrogens with zero attached hydrogens (tertiary/aromatic N) is 1. The lowest BCUT2D eigenvalue weighted by Crippen LogP contribution is -2.43. The summed E-state index contributed by atoms with van der Waals surface area (Å²) in [6, 6.07) is 1.00. The molecule has 0 aromatic heterocycles. The lowest BCUT2D eigenvalue weighted by atomic mass is 10.00. The van der Waals surface area contributed by atoms with Crippen LogP contribution in [0.4, 0.5) is 14.5 Å². The Morgan fingerprint density at radius 1 is 1.30 bits per heavy atom. The van der Waals surface area contributed by atoms with Gasteiger partial charge in [-0.05, 0) is 25.8 Å². The summed E-state index contributed by atoms with van der Waals surface area (Å²) < 4.78 is 27.2. The fourth-order valence-electron chi connectivity index (χ4n) is 2.47. The van der Waals surface area contributed by atoms with Gasteiger partial charge in [-0.25, -0.2) is 4.39 Å². The van der Waals surface area contributed by atoms with Gasteiger partial charge >= 0.3 is 5.69 Å². The molecule has 1 aliphatic carbocycles. The predicted octanol–water partition coefficient (Wildman–Crippen LogP) is 2.94. The minimum Gasteiger partial charge on any atom is -0.347 e. The molecule has 1 saturated carbocycles. The highest BCUT2D eigenvalue weighted by Crippen LogP contribution is 2.29. The Balaban J connectivity index is 2.26. The van der Waals surface area contributed by atoms with Gasteiger partial charge in [0.2, 0.25) is 5.82 Å². The lowest BCUT2D eigenvalue weighted by molar-refractivity contribution is -0.387. The molecule has 0 unspecified atom stereocenters. The van der Waals surface area contributed by atoms with Gasteiger partial charge in [-0.2, -0.15) is 4.39 Å². The molecule has 0 atom stereocenters. The number of hydrogen-bond acceptors (Lipinski definition) is 3. The average Bonchev–Trinajstić information content (AvgIpc) is 2.77. The molecule has 7 heteroatoms. The van der Waals surface area contributed by atoms with Crippen LogP contribution in [0.25, 0.3) is 0 Å². The van der Waals surface area contributed by atoms with E-state index in [4.69, 9.17) is 0 Å². The van der Waals surface area contributed by atoms with Crippen molar-refractivity contribution in [3.63, 3.8) is 0 Å². The van der Waals surface area contributed by atoms with Gasteiger partial charge < -0.3 is 5.32 Å². The summed E-state index contributed by atoms with van der Waals surface area (Å²) >= 11 is 0. The predicted molar refractivity (Wildman–Crippen MR) is 67.4 cm³/mol. The number of nitrogens with one attached hydrogen (secondary N) is 1. The summed E-state index contributed by atoms with van der Waals surface area (Å²) in [7, 11) is 0. The van der Waals surface area contributed by atoms with Gasteiger partial charge in [-0.15, -0.1) is 0 Å². The third kappa shape index (κ3) is 2.76. The first-order valence-electron chi connectivity index (χ1n) is 6.28. The van der Waals surface area contributed by atoms with Crippen molar-refractivity contribution in [1.29, 1.82) is 0 Å². The van der Waals surface area contributed by atoms with Crippen molar-refractivity contribution >= 4 is 11.6 Å². The van der Waals surface area contributed by atoms with E-state index >= 15 is 0 Å². The Morgan fingerprint density at radius 2 is 1.90 bits per heavy atom. The molecule has 108 valence electrons. The van der Waals surface area contributed by atoms with E-state index in [9.17, 15) is 23.7 Å². The molecule has 1 N–H and O–H groups in total. The van der Waals surface area contributed by atoms with Crippen LogP contribution in [0.1, 0.15) is 43.0 Å². The highest BCUT2D eigenvalue weighted by atomic mass is 19.1. The molecule has 2 rings (SSSR count). The van der Waals surface area contributed by atoms with E-state index in [0.29, 0.717) is 12.1 Å². The van der Waals surface area contributed by atoms with Gasteiger partial charge in [0.15, 0.2) is 0 Å². The second-order valence-corrected chi connectivity index (χ2v) is 5.26. The Hall–Kier alpha value is -2.05. The van der Waals surface area contributed by atoms with E-state index in [0.717, 1.165) is 25.7 Å². The molecule has 1 amide bonds. The van der Waals surface area contributed by atoms with E-state index in [1.165, 1.54) is 0 Å². The molecule has 1 aromatic carbocycles. The van der Waals surface area contributed by atoms with Crippen LogP contribution in [0.2, 0.25) is 0 Å². The molecule has 0 heterocycles. The highest BCUT2D eigenvalue weighted by Gasteiger charge is 2.32. The van der Waals surface area contributed by atoms with E-state index in [1.54, 1.807) is 0 Å². The number of nitro groups is 1. The molecule has 0 saturated heterocycles. The van der Waals surface area contributed by atoms with Crippen LogP contribution in [0, 0.1) is 21.7 Å².